The average Bonchev–Trinajstić information content (AvgIpc) is 2.66. The second kappa shape index (κ2) is 8.52. The molecule has 144 valence electrons. The van der Waals surface area contributed by atoms with Crippen molar-refractivity contribution < 1.29 is 4.79 Å². The van der Waals surface area contributed by atoms with Crippen molar-refractivity contribution in [2.24, 2.45) is 0 Å². The van der Waals surface area contributed by atoms with Gasteiger partial charge in [0.1, 0.15) is 6.54 Å². The zero-order chi connectivity index (χ0) is 20.1. The number of anilines is 2. The lowest BCUT2D eigenvalue weighted by atomic mass is 10.2. The van der Waals surface area contributed by atoms with E-state index in [4.69, 9.17) is 0 Å². The molecule has 0 unspecified atom stereocenters. The predicted molar refractivity (Wildman–Crippen MR) is 112 cm³/mol. The fourth-order valence-corrected chi connectivity index (χ4v) is 3.02. The molecule has 0 radical (unpaired) electrons. The van der Waals surface area contributed by atoms with E-state index in [2.05, 4.69) is 10.3 Å². The summed E-state index contributed by atoms with van der Waals surface area (Å²) in [5, 5.41) is 2.87. The van der Waals surface area contributed by atoms with Gasteiger partial charge in [-0.05, 0) is 31.0 Å². The Morgan fingerprint density at radius 1 is 1.07 bits per heavy atom. The smallest absolute Gasteiger partial charge is 0.255 e. The number of amides is 1. The van der Waals surface area contributed by atoms with E-state index in [1.54, 1.807) is 6.92 Å². The van der Waals surface area contributed by atoms with Gasteiger partial charge in [-0.1, -0.05) is 48.5 Å². The summed E-state index contributed by atoms with van der Waals surface area (Å²) in [6.07, 6.45) is 0. The van der Waals surface area contributed by atoms with Crippen molar-refractivity contribution in [2.45, 2.75) is 26.9 Å². The Morgan fingerprint density at radius 2 is 1.75 bits per heavy atom. The van der Waals surface area contributed by atoms with Crippen LogP contribution in [0, 0.1) is 13.8 Å². The van der Waals surface area contributed by atoms with Gasteiger partial charge in [0.2, 0.25) is 11.9 Å². The number of benzene rings is 2. The molecule has 0 atom stereocenters. The number of hydrogen-bond donors (Lipinski definition) is 1. The maximum atomic E-state index is 12.6. The SMILES string of the molecule is Cc1cc(=O)n(CC(=O)Nc2ccccc2C)c(N(C)Cc2ccccc2)n1. The van der Waals surface area contributed by atoms with Gasteiger partial charge in [0, 0.05) is 31.0 Å². The van der Waals surface area contributed by atoms with Crippen molar-refractivity contribution in [1.82, 2.24) is 9.55 Å². The lowest BCUT2D eigenvalue weighted by molar-refractivity contribution is -0.116. The van der Waals surface area contributed by atoms with Crippen LogP contribution in [0.25, 0.3) is 0 Å². The number of aryl methyl sites for hydroxylation is 2. The van der Waals surface area contributed by atoms with Crippen LogP contribution in [0.4, 0.5) is 11.6 Å². The molecule has 0 aliphatic carbocycles. The zero-order valence-corrected chi connectivity index (χ0v) is 16.3. The molecule has 1 N–H and O–H groups in total. The Labute approximate surface area is 164 Å². The molecule has 3 aromatic rings. The maximum absolute atomic E-state index is 12.6. The number of carbonyl (C=O) groups excluding carboxylic acids is 1. The Kier molecular flexibility index (Phi) is 5.89. The van der Waals surface area contributed by atoms with Crippen LogP contribution in [0.2, 0.25) is 0 Å². The lowest BCUT2D eigenvalue weighted by Crippen LogP contribution is -2.34. The van der Waals surface area contributed by atoms with Gasteiger partial charge in [0.25, 0.3) is 5.56 Å². The quantitative estimate of drug-likeness (QED) is 0.718. The fourth-order valence-electron chi connectivity index (χ4n) is 3.02. The van der Waals surface area contributed by atoms with E-state index in [0.717, 1.165) is 16.8 Å². The van der Waals surface area contributed by atoms with Crippen molar-refractivity contribution in [3.63, 3.8) is 0 Å². The minimum Gasteiger partial charge on any atom is -0.341 e. The Bertz CT molecular complexity index is 1030. The summed E-state index contributed by atoms with van der Waals surface area (Å²) in [5.74, 6) is 0.199. The van der Waals surface area contributed by atoms with Crippen LogP contribution in [-0.2, 0) is 17.9 Å². The van der Waals surface area contributed by atoms with Gasteiger partial charge in [-0.25, -0.2) is 4.98 Å². The first kappa shape index (κ1) is 19.4. The molecule has 1 aromatic heterocycles. The summed E-state index contributed by atoms with van der Waals surface area (Å²) in [6.45, 7) is 4.18. The molecule has 3 rings (SSSR count). The van der Waals surface area contributed by atoms with E-state index in [1.165, 1.54) is 10.6 Å². The second-order valence-electron chi connectivity index (χ2n) is 6.83. The molecule has 0 fully saturated rings. The molecular weight excluding hydrogens is 352 g/mol. The summed E-state index contributed by atoms with van der Waals surface area (Å²) in [4.78, 5) is 31.6. The van der Waals surface area contributed by atoms with Crippen LogP contribution < -0.4 is 15.8 Å². The highest BCUT2D eigenvalue weighted by molar-refractivity contribution is 5.91. The van der Waals surface area contributed by atoms with Gasteiger partial charge in [-0.3, -0.25) is 14.2 Å². The summed E-state index contributed by atoms with van der Waals surface area (Å²) < 4.78 is 1.41. The first-order chi connectivity index (χ1) is 13.4. The molecule has 0 spiro atoms. The third-order valence-corrected chi connectivity index (χ3v) is 4.44. The summed E-state index contributed by atoms with van der Waals surface area (Å²) >= 11 is 0. The number of nitrogens with one attached hydrogen (secondary N) is 1. The number of rotatable bonds is 6. The van der Waals surface area contributed by atoms with E-state index >= 15 is 0 Å². The molecular formula is C22H24N4O2. The van der Waals surface area contributed by atoms with Crippen molar-refractivity contribution >= 4 is 17.5 Å². The molecule has 2 aromatic carbocycles. The molecule has 0 bridgehead atoms. The van der Waals surface area contributed by atoms with Gasteiger partial charge in [-0.2, -0.15) is 0 Å². The van der Waals surface area contributed by atoms with Gasteiger partial charge in [-0.15, -0.1) is 0 Å². The van der Waals surface area contributed by atoms with Crippen LogP contribution in [-0.4, -0.2) is 22.5 Å². The number of aromatic nitrogens is 2. The predicted octanol–water partition coefficient (Wildman–Crippen LogP) is 3.14. The first-order valence-corrected chi connectivity index (χ1v) is 9.13. The minimum absolute atomic E-state index is 0.102. The third kappa shape index (κ3) is 4.65. The van der Waals surface area contributed by atoms with E-state index in [0.29, 0.717) is 18.2 Å². The minimum atomic E-state index is -0.267. The maximum Gasteiger partial charge on any atom is 0.255 e. The Morgan fingerprint density at radius 3 is 2.46 bits per heavy atom. The molecule has 1 amide bonds. The Hall–Kier alpha value is -3.41. The van der Waals surface area contributed by atoms with Gasteiger partial charge < -0.3 is 10.2 Å². The summed E-state index contributed by atoms with van der Waals surface area (Å²) in [5.41, 5.74) is 3.17. The van der Waals surface area contributed by atoms with Crippen molar-refractivity contribution in [1.29, 1.82) is 0 Å². The molecule has 0 saturated heterocycles. The summed E-state index contributed by atoms with van der Waals surface area (Å²) in [6, 6.07) is 18.9. The number of para-hydroxylation sites is 1. The van der Waals surface area contributed by atoms with Gasteiger partial charge in [0.15, 0.2) is 0 Å². The lowest BCUT2D eigenvalue weighted by Gasteiger charge is -2.22. The largest absolute Gasteiger partial charge is 0.341 e. The Balaban J connectivity index is 1.85. The van der Waals surface area contributed by atoms with Crippen LogP contribution in [0.5, 0.6) is 0 Å². The average molecular weight is 376 g/mol. The monoisotopic (exact) mass is 376 g/mol. The van der Waals surface area contributed by atoms with E-state index in [1.807, 2.05) is 73.5 Å². The zero-order valence-electron chi connectivity index (χ0n) is 16.3. The van der Waals surface area contributed by atoms with Gasteiger partial charge >= 0.3 is 0 Å². The molecule has 6 heteroatoms. The number of nitrogens with zero attached hydrogens (tertiary/aromatic N) is 3. The second-order valence-corrected chi connectivity index (χ2v) is 6.83. The summed E-state index contributed by atoms with van der Waals surface area (Å²) in [7, 11) is 1.87. The van der Waals surface area contributed by atoms with E-state index in [9.17, 15) is 9.59 Å². The van der Waals surface area contributed by atoms with E-state index in [-0.39, 0.29) is 18.0 Å². The number of carbonyl (C=O) groups is 1. The molecule has 28 heavy (non-hydrogen) atoms. The van der Waals surface area contributed by atoms with E-state index < -0.39 is 0 Å². The van der Waals surface area contributed by atoms with Crippen LogP contribution >= 0.6 is 0 Å². The van der Waals surface area contributed by atoms with Crippen LogP contribution in [0.3, 0.4) is 0 Å². The van der Waals surface area contributed by atoms with Crippen LogP contribution in [0.1, 0.15) is 16.8 Å². The van der Waals surface area contributed by atoms with Crippen molar-refractivity contribution in [3.05, 3.63) is 87.8 Å². The molecule has 0 aliphatic heterocycles. The molecule has 1 heterocycles. The topological polar surface area (TPSA) is 67.2 Å². The number of hydrogen-bond acceptors (Lipinski definition) is 4. The highest BCUT2D eigenvalue weighted by atomic mass is 16.2. The fraction of sp³-hybridized carbons (Fsp3) is 0.227. The highest BCUT2D eigenvalue weighted by Crippen LogP contribution is 2.15. The first-order valence-electron chi connectivity index (χ1n) is 9.13. The highest BCUT2D eigenvalue weighted by Gasteiger charge is 2.15. The third-order valence-electron chi connectivity index (χ3n) is 4.44. The molecule has 0 aliphatic rings. The standard InChI is InChI=1S/C22H24N4O2/c1-16-9-7-8-12-19(16)24-20(27)15-26-21(28)13-17(2)23-22(26)25(3)14-18-10-5-4-6-11-18/h4-13H,14-15H2,1-3H3,(H,24,27). The van der Waals surface area contributed by atoms with Crippen LogP contribution in [0.15, 0.2) is 65.5 Å². The molecule has 0 saturated carbocycles. The van der Waals surface area contributed by atoms with Gasteiger partial charge in [0.05, 0.1) is 0 Å². The molecule has 6 nitrogen and oxygen atoms in total. The van der Waals surface area contributed by atoms with Crippen molar-refractivity contribution in [2.75, 3.05) is 17.3 Å². The van der Waals surface area contributed by atoms with Crippen molar-refractivity contribution in [3.8, 4) is 0 Å². The normalized spacial score (nSPS) is 10.5.